The minimum atomic E-state index is -0.120. The van der Waals surface area contributed by atoms with Crippen molar-refractivity contribution in [3.05, 3.63) is 18.0 Å². The van der Waals surface area contributed by atoms with Crippen molar-refractivity contribution in [2.75, 3.05) is 46.4 Å². The van der Waals surface area contributed by atoms with Crippen LogP contribution in [0.4, 0.5) is 0 Å². The van der Waals surface area contributed by atoms with Crippen LogP contribution in [-0.2, 0) is 16.1 Å². The Morgan fingerprint density at radius 1 is 1.25 bits per heavy atom. The van der Waals surface area contributed by atoms with E-state index in [1.54, 1.807) is 6.26 Å². The zero-order valence-corrected chi connectivity index (χ0v) is 19.4. The first-order chi connectivity index (χ1) is 13.2. The Hall–Kier alpha value is -1.36. The number of piperazine rings is 1. The summed E-state index contributed by atoms with van der Waals surface area (Å²) >= 11 is 0. The van der Waals surface area contributed by atoms with Crippen LogP contribution in [0.1, 0.15) is 44.7 Å². The lowest BCUT2D eigenvalue weighted by atomic mass is 10.1. The van der Waals surface area contributed by atoms with E-state index in [9.17, 15) is 4.79 Å². The van der Waals surface area contributed by atoms with Crippen molar-refractivity contribution in [3.8, 4) is 0 Å². The molecule has 0 atom stereocenters. The van der Waals surface area contributed by atoms with Gasteiger partial charge in [0.05, 0.1) is 12.8 Å². The van der Waals surface area contributed by atoms with E-state index in [4.69, 9.17) is 9.52 Å². The molecule has 0 bridgehead atoms. The summed E-state index contributed by atoms with van der Waals surface area (Å²) in [5.74, 6) is 0.887. The van der Waals surface area contributed by atoms with Crippen LogP contribution in [0.5, 0.6) is 0 Å². The molecule has 0 amide bonds. The smallest absolute Gasteiger partial charge is 0.305 e. The predicted molar refractivity (Wildman–Crippen MR) is 120 cm³/mol. The highest BCUT2D eigenvalue weighted by molar-refractivity contribution is 14.0. The number of nitrogens with zero attached hydrogens (tertiary/aromatic N) is 4. The number of methoxy groups -OCH3 is 1. The number of aromatic nitrogens is 1. The van der Waals surface area contributed by atoms with E-state index in [2.05, 4.69) is 31.9 Å². The topological polar surface area (TPSA) is 83.2 Å². The number of nitrogens with one attached hydrogen (secondary N) is 1. The van der Waals surface area contributed by atoms with E-state index in [0.717, 1.165) is 83.2 Å². The Morgan fingerprint density at radius 3 is 2.64 bits per heavy atom. The average molecular weight is 507 g/mol. The first-order valence-corrected chi connectivity index (χ1v) is 9.94. The largest absolute Gasteiger partial charge is 0.469 e. The number of ether oxygens (including phenoxy) is 1. The molecule has 2 heterocycles. The first-order valence-electron chi connectivity index (χ1n) is 9.94. The van der Waals surface area contributed by atoms with Gasteiger partial charge >= 0.3 is 5.97 Å². The number of carbonyl (C=O) groups excluding carboxylic acids is 1. The van der Waals surface area contributed by atoms with Gasteiger partial charge in [0.2, 0.25) is 0 Å². The first kappa shape index (κ1) is 24.7. The Morgan fingerprint density at radius 2 is 2.00 bits per heavy atom. The lowest BCUT2D eigenvalue weighted by Crippen LogP contribution is -2.52. The van der Waals surface area contributed by atoms with Crippen LogP contribution >= 0.6 is 24.0 Å². The van der Waals surface area contributed by atoms with Crippen LogP contribution in [0.25, 0.3) is 0 Å². The Kier molecular flexibility index (Phi) is 12.9. The van der Waals surface area contributed by atoms with Crippen molar-refractivity contribution in [2.24, 2.45) is 4.99 Å². The van der Waals surface area contributed by atoms with E-state index < -0.39 is 0 Å². The molecule has 0 spiro atoms. The second kappa shape index (κ2) is 14.6. The molecule has 0 radical (unpaired) electrons. The monoisotopic (exact) mass is 507 g/mol. The average Bonchev–Trinajstić information content (AvgIpc) is 3.20. The maximum Gasteiger partial charge on any atom is 0.305 e. The molecule has 1 N–H and O–H groups in total. The molecular formula is C19H34IN5O3. The molecule has 1 fully saturated rings. The molecule has 1 saturated heterocycles. The Labute approximate surface area is 185 Å². The van der Waals surface area contributed by atoms with Gasteiger partial charge in [0.15, 0.2) is 5.96 Å². The zero-order valence-electron chi connectivity index (χ0n) is 17.1. The normalized spacial score (nSPS) is 15.2. The number of rotatable bonds is 10. The minimum absolute atomic E-state index is 0. The summed E-state index contributed by atoms with van der Waals surface area (Å²) in [6, 6.07) is 1.92. The minimum Gasteiger partial charge on any atom is -0.469 e. The van der Waals surface area contributed by atoms with Gasteiger partial charge in [-0.3, -0.25) is 14.7 Å². The fourth-order valence-corrected chi connectivity index (χ4v) is 3.11. The van der Waals surface area contributed by atoms with Gasteiger partial charge in [-0.2, -0.15) is 0 Å². The third kappa shape index (κ3) is 9.22. The van der Waals surface area contributed by atoms with Gasteiger partial charge in [-0.25, -0.2) is 0 Å². The molecule has 0 aliphatic carbocycles. The summed E-state index contributed by atoms with van der Waals surface area (Å²) in [5.41, 5.74) is 0.983. The second-order valence-electron chi connectivity index (χ2n) is 6.73. The number of carbonyl (C=O) groups is 1. The van der Waals surface area contributed by atoms with Crippen LogP contribution < -0.4 is 5.32 Å². The van der Waals surface area contributed by atoms with Crippen molar-refractivity contribution in [3.63, 3.8) is 0 Å². The molecular weight excluding hydrogens is 473 g/mol. The van der Waals surface area contributed by atoms with Crippen LogP contribution in [-0.4, -0.2) is 73.3 Å². The quantitative estimate of drug-likeness (QED) is 0.171. The molecule has 28 heavy (non-hydrogen) atoms. The van der Waals surface area contributed by atoms with E-state index in [-0.39, 0.29) is 29.9 Å². The van der Waals surface area contributed by atoms with Gasteiger partial charge in [0.25, 0.3) is 0 Å². The Bertz CT molecular complexity index is 560. The third-order valence-electron chi connectivity index (χ3n) is 4.66. The number of hydrogen-bond donors (Lipinski definition) is 1. The van der Waals surface area contributed by atoms with Crippen molar-refractivity contribution in [2.45, 2.75) is 45.6 Å². The SMILES string of the molecule is CCNC(=NCCCCCCC(=O)OC)N1CCN(Cc2ccon2)CC1.I. The highest BCUT2D eigenvalue weighted by Crippen LogP contribution is 2.08. The predicted octanol–water partition coefficient (Wildman–Crippen LogP) is 2.50. The number of unbranched alkanes of at least 4 members (excludes halogenated alkanes) is 3. The van der Waals surface area contributed by atoms with Crippen molar-refractivity contribution < 1.29 is 14.1 Å². The summed E-state index contributed by atoms with van der Waals surface area (Å²) in [5, 5.41) is 7.39. The lowest BCUT2D eigenvalue weighted by molar-refractivity contribution is -0.140. The van der Waals surface area contributed by atoms with Gasteiger partial charge in [-0.05, 0) is 19.8 Å². The molecule has 1 aliphatic heterocycles. The molecule has 0 saturated carbocycles. The van der Waals surface area contributed by atoms with Crippen LogP contribution in [0.15, 0.2) is 21.8 Å². The van der Waals surface area contributed by atoms with Crippen molar-refractivity contribution in [1.82, 2.24) is 20.3 Å². The van der Waals surface area contributed by atoms with Gasteiger partial charge < -0.3 is 19.5 Å². The van der Waals surface area contributed by atoms with Gasteiger partial charge in [0, 0.05) is 58.3 Å². The summed E-state index contributed by atoms with van der Waals surface area (Å²) < 4.78 is 9.56. The van der Waals surface area contributed by atoms with Crippen LogP contribution in [0, 0.1) is 0 Å². The standard InChI is InChI=1S/C19H33N5O3.HI/c1-3-20-19(21-10-7-5-4-6-8-18(25)26-2)24-13-11-23(12-14-24)16-17-9-15-27-22-17;/h9,15H,3-8,10-14,16H2,1-2H3,(H,20,21);1H. The number of hydrogen-bond acceptors (Lipinski definition) is 6. The summed E-state index contributed by atoms with van der Waals surface area (Å²) in [7, 11) is 1.44. The summed E-state index contributed by atoms with van der Waals surface area (Å²) in [6.45, 7) is 8.53. The fraction of sp³-hybridized carbons (Fsp3) is 0.737. The summed E-state index contributed by atoms with van der Waals surface area (Å²) in [6.07, 6.45) is 6.21. The molecule has 1 aromatic rings. The molecule has 1 aromatic heterocycles. The van der Waals surface area contributed by atoms with E-state index in [1.807, 2.05) is 6.07 Å². The number of esters is 1. The van der Waals surface area contributed by atoms with E-state index in [0.29, 0.717) is 6.42 Å². The number of guanidine groups is 1. The van der Waals surface area contributed by atoms with E-state index >= 15 is 0 Å². The highest BCUT2D eigenvalue weighted by Gasteiger charge is 2.20. The number of halogens is 1. The molecule has 2 rings (SSSR count). The maximum absolute atomic E-state index is 11.1. The molecule has 9 heteroatoms. The number of aliphatic imine (C=N–C) groups is 1. The Balaban J connectivity index is 0.00000392. The highest BCUT2D eigenvalue weighted by atomic mass is 127. The van der Waals surface area contributed by atoms with Crippen LogP contribution in [0.3, 0.4) is 0 Å². The molecule has 8 nitrogen and oxygen atoms in total. The maximum atomic E-state index is 11.1. The lowest BCUT2D eigenvalue weighted by Gasteiger charge is -2.36. The zero-order chi connectivity index (χ0) is 19.3. The molecule has 160 valence electrons. The van der Waals surface area contributed by atoms with Crippen molar-refractivity contribution >= 4 is 35.9 Å². The molecule has 0 unspecified atom stereocenters. The van der Waals surface area contributed by atoms with Gasteiger partial charge in [-0.15, -0.1) is 24.0 Å². The molecule has 1 aliphatic rings. The van der Waals surface area contributed by atoms with Gasteiger partial charge in [0.1, 0.15) is 6.26 Å². The second-order valence-corrected chi connectivity index (χ2v) is 6.73. The van der Waals surface area contributed by atoms with Gasteiger partial charge in [-0.1, -0.05) is 18.0 Å². The van der Waals surface area contributed by atoms with Crippen molar-refractivity contribution in [1.29, 1.82) is 0 Å². The van der Waals surface area contributed by atoms with Crippen LogP contribution in [0.2, 0.25) is 0 Å². The summed E-state index contributed by atoms with van der Waals surface area (Å²) in [4.78, 5) is 20.6. The van der Waals surface area contributed by atoms with E-state index in [1.165, 1.54) is 7.11 Å². The molecule has 0 aromatic carbocycles. The fourth-order valence-electron chi connectivity index (χ4n) is 3.11. The third-order valence-corrected chi connectivity index (χ3v) is 4.66.